The van der Waals surface area contributed by atoms with Crippen LogP contribution in [-0.4, -0.2) is 14.4 Å². The van der Waals surface area contributed by atoms with Crippen LogP contribution < -0.4 is 0 Å². The Morgan fingerprint density at radius 3 is 2.36 bits per heavy atom. The smallest absolute Gasteiger partial charge is 0.192 e. The van der Waals surface area contributed by atoms with Crippen molar-refractivity contribution in [2.24, 2.45) is 5.92 Å². The van der Waals surface area contributed by atoms with Crippen molar-refractivity contribution in [1.82, 2.24) is 0 Å². The van der Waals surface area contributed by atoms with E-state index in [1.165, 1.54) is 21.9 Å². The van der Waals surface area contributed by atoms with Gasteiger partial charge in [0.15, 0.2) is 8.32 Å². The molecule has 152 valence electrons. The summed E-state index contributed by atoms with van der Waals surface area (Å²) in [5, 5.41) is 2.83. The summed E-state index contributed by atoms with van der Waals surface area (Å²) < 4.78 is 6.78. The fraction of sp³-hybridized carbons (Fsp3) is 0.462. The van der Waals surface area contributed by atoms with Crippen LogP contribution >= 0.6 is 0 Å². The minimum atomic E-state index is -1.83. The molecule has 2 aromatic rings. The average Bonchev–Trinajstić information content (AvgIpc) is 2.64. The first kappa shape index (κ1) is 22.6. The maximum atomic E-state index is 6.78. The molecule has 0 aromatic heterocycles. The van der Waals surface area contributed by atoms with Crippen molar-refractivity contribution in [3.8, 4) is 0 Å². The molecule has 0 unspecified atom stereocenters. The Morgan fingerprint density at radius 2 is 1.75 bits per heavy atom. The van der Waals surface area contributed by atoms with Gasteiger partial charge >= 0.3 is 0 Å². The minimum absolute atomic E-state index is 0.120. The predicted molar refractivity (Wildman–Crippen MR) is 127 cm³/mol. The van der Waals surface area contributed by atoms with Crippen LogP contribution in [0.25, 0.3) is 10.8 Å². The van der Waals surface area contributed by atoms with Crippen LogP contribution in [0.5, 0.6) is 0 Å². The number of hydrogen-bond donors (Lipinski definition) is 0. The highest BCUT2D eigenvalue weighted by atomic mass is 28.4. The van der Waals surface area contributed by atoms with E-state index in [1.807, 2.05) is 6.08 Å². The largest absolute Gasteiger partial charge is 0.410 e. The Labute approximate surface area is 173 Å². The number of allylic oxidation sites excluding steroid dienone is 1. The van der Waals surface area contributed by atoms with Crippen molar-refractivity contribution >= 4 is 19.1 Å². The lowest BCUT2D eigenvalue weighted by Gasteiger charge is -2.41. The summed E-state index contributed by atoms with van der Waals surface area (Å²) in [7, 11) is -1.83. The van der Waals surface area contributed by atoms with Gasteiger partial charge in [-0.1, -0.05) is 82.3 Å². The van der Waals surface area contributed by atoms with Gasteiger partial charge in [-0.2, -0.15) is 0 Å². The number of rotatable bonds is 8. The summed E-state index contributed by atoms with van der Waals surface area (Å²) in [5.41, 5.74) is 2.72. The summed E-state index contributed by atoms with van der Waals surface area (Å²) in [4.78, 5) is 0. The summed E-state index contributed by atoms with van der Waals surface area (Å²) in [6, 6.07) is 15.4. The normalized spacial score (nSPS) is 15.5. The van der Waals surface area contributed by atoms with E-state index in [1.54, 1.807) is 0 Å². The zero-order chi connectivity index (χ0) is 20.9. The van der Waals surface area contributed by atoms with Crippen molar-refractivity contribution in [3.63, 3.8) is 0 Å². The maximum Gasteiger partial charge on any atom is 0.192 e. The lowest BCUT2D eigenvalue weighted by molar-refractivity contribution is 0.178. The Balaban J connectivity index is 2.11. The maximum absolute atomic E-state index is 6.78. The third-order valence-corrected chi connectivity index (χ3v) is 10.7. The van der Waals surface area contributed by atoms with Gasteiger partial charge < -0.3 is 4.43 Å². The predicted octanol–water partition coefficient (Wildman–Crippen LogP) is 7.93. The van der Waals surface area contributed by atoms with Gasteiger partial charge in [0.2, 0.25) is 0 Å². The Kier molecular flexibility index (Phi) is 7.47. The number of hydrogen-bond acceptors (Lipinski definition) is 1. The van der Waals surface area contributed by atoms with Gasteiger partial charge in [-0.3, -0.25) is 0 Å². The fourth-order valence-corrected chi connectivity index (χ4v) is 4.60. The van der Waals surface area contributed by atoms with Crippen LogP contribution in [-0.2, 0) is 10.8 Å². The Bertz CT molecular complexity index is 826. The fourth-order valence-electron chi connectivity index (χ4n) is 3.21. The van der Waals surface area contributed by atoms with Crippen LogP contribution in [0.4, 0.5) is 0 Å². The molecule has 2 rings (SSSR count). The van der Waals surface area contributed by atoms with E-state index >= 15 is 0 Å². The summed E-state index contributed by atoms with van der Waals surface area (Å²) in [6.07, 6.45) is 6.60. The molecular weight excluding hydrogens is 356 g/mol. The van der Waals surface area contributed by atoms with Gasteiger partial charge in [-0.15, -0.1) is 6.58 Å². The molecule has 0 spiro atoms. The number of aryl methyl sites for hydroxylation is 1. The highest BCUT2D eigenvalue weighted by Gasteiger charge is 2.40. The molecule has 0 saturated heterocycles. The van der Waals surface area contributed by atoms with E-state index in [4.69, 9.17) is 4.43 Å². The van der Waals surface area contributed by atoms with Crippen LogP contribution in [0.1, 0.15) is 46.6 Å². The SMILES string of the molecule is C=C[C@@H](C)[C@@H](O[Si](C)(C)C(C)(C)C)/C(C)=C/CCc1ccc2ccccc2c1. The Morgan fingerprint density at radius 1 is 1.11 bits per heavy atom. The zero-order valence-corrected chi connectivity index (χ0v) is 19.9. The van der Waals surface area contributed by atoms with E-state index in [-0.39, 0.29) is 11.1 Å². The van der Waals surface area contributed by atoms with E-state index in [0.717, 1.165) is 12.8 Å². The molecule has 2 aromatic carbocycles. The van der Waals surface area contributed by atoms with Gasteiger partial charge in [-0.25, -0.2) is 0 Å². The summed E-state index contributed by atoms with van der Waals surface area (Å²) in [5.74, 6) is 0.311. The second-order valence-electron chi connectivity index (χ2n) is 9.56. The molecule has 0 N–H and O–H groups in total. The lowest BCUT2D eigenvalue weighted by Crippen LogP contribution is -2.45. The van der Waals surface area contributed by atoms with Crippen LogP contribution in [0, 0.1) is 5.92 Å². The van der Waals surface area contributed by atoms with E-state index in [0.29, 0.717) is 5.92 Å². The molecule has 0 aliphatic heterocycles. The van der Waals surface area contributed by atoms with Crippen molar-refractivity contribution in [3.05, 3.63) is 72.3 Å². The van der Waals surface area contributed by atoms with E-state index in [2.05, 4.69) is 103 Å². The molecule has 0 fully saturated rings. The summed E-state index contributed by atoms with van der Waals surface area (Å²) >= 11 is 0. The molecule has 1 nitrogen and oxygen atoms in total. The first-order chi connectivity index (χ1) is 13.0. The van der Waals surface area contributed by atoms with Crippen LogP contribution in [0.15, 0.2) is 66.8 Å². The molecule has 0 bridgehead atoms. The molecule has 2 heteroatoms. The van der Waals surface area contributed by atoms with Crippen molar-refractivity contribution < 1.29 is 4.43 Å². The summed E-state index contributed by atoms with van der Waals surface area (Å²) in [6.45, 7) is 20.0. The molecule has 0 radical (unpaired) electrons. The topological polar surface area (TPSA) is 9.23 Å². The minimum Gasteiger partial charge on any atom is -0.410 e. The van der Waals surface area contributed by atoms with Gasteiger partial charge in [0.25, 0.3) is 0 Å². The lowest BCUT2D eigenvalue weighted by atomic mass is 9.97. The quantitative estimate of drug-likeness (QED) is 0.326. The molecule has 0 heterocycles. The van der Waals surface area contributed by atoms with E-state index in [9.17, 15) is 0 Å². The third-order valence-electron chi connectivity index (χ3n) is 6.24. The third kappa shape index (κ3) is 5.68. The van der Waals surface area contributed by atoms with Gasteiger partial charge in [0.05, 0.1) is 6.10 Å². The average molecular weight is 395 g/mol. The standard InChI is InChI=1S/C26H38OSi/c1-9-20(2)25(27-28(7,8)26(4,5)6)21(3)13-12-14-22-17-18-23-15-10-11-16-24(23)19-22/h9-11,13,15-20,25H,1,12,14H2,2-8H3/b21-13+/t20-,25-/m1/s1. The van der Waals surface area contributed by atoms with Crippen molar-refractivity contribution in [2.75, 3.05) is 0 Å². The highest BCUT2D eigenvalue weighted by molar-refractivity contribution is 6.74. The first-order valence-electron chi connectivity index (χ1n) is 10.5. The second-order valence-corrected chi connectivity index (χ2v) is 14.3. The molecule has 0 aliphatic carbocycles. The Hall–Kier alpha value is -1.64. The van der Waals surface area contributed by atoms with Crippen molar-refractivity contribution in [2.45, 2.75) is 71.7 Å². The molecule has 0 amide bonds. The van der Waals surface area contributed by atoms with E-state index < -0.39 is 8.32 Å². The molecule has 28 heavy (non-hydrogen) atoms. The van der Waals surface area contributed by atoms with Gasteiger partial charge in [0, 0.05) is 5.92 Å². The number of fused-ring (bicyclic) bond motifs is 1. The molecule has 2 atom stereocenters. The monoisotopic (exact) mass is 394 g/mol. The van der Waals surface area contributed by atoms with Gasteiger partial charge in [-0.05, 0) is 59.8 Å². The first-order valence-corrected chi connectivity index (χ1v) is 13.4. The van der Waals surface area contributed by atoms with Gasteiger partial charge in [0.1, 0.15) is 0 Å². The van der Waals surface area contributed by atoms with Crippen LogP contribution in [0.3, 0.4) is 0 Å². The molecule has 0 aliphatic rings. The molecular formula is C26H38OSi. The van der Waals surface area contributed by atoms with Crippen molar-refractivity contribution in [1.29, 1.82) is 0 Å². The number of benzene rings is 2. The van der Waals surface area contributed by atoms with Crippen LogP contribution in [0.2, 0.25) is 18.1 Å². The zero-order valence-electron chi connectivity index (χ0n) is 18.9. The molecule has 0 saturated carbocycles. The highest BCUT2D eigenvalue weighted by Crippen LogP contribution is 2.39. The second kappa shape index (κ2) is 9.24.